The van der Waals surface area contributed by atoms with Crippen LogP contribution in [0.2, 0.25) is 0 Å². The number of rotatable bonds is 9. The zero-order valence-corrected chi connectivity index (χ0v) is 16.9. The van der Waals surface area contributed by atoms with Crippen LogP contribution in [0.4, 0.5) is 0 Å². The Kier molecular flexibility index (Phi) is 7.14. The van der Waals surface area contributed by atoms with Crippen molar-refractivity contribution in [2.24, 2.45) is 0 Å². The maximum absolute atomic E-state index is 11.8. The van der Waals surface area contributed by atoms with Gasteiger partial charge in [-0.25, -0.2) is 4.79 Å². The molecule has 0 spiro atoms. The lowest BCUT2D eigenvalue weighted by Gasteiger charge is -2.15. The van der Waals surface area contributed by atoms with Gasteiger partial charge in [0.2, 0.25) is 0 Å². The van der Waals surface area contributed by atoms with Gasteiger partial charge in [-0.2, -0.15) is 0 Å². The number of hydrogen-bond acceptors (Lipinski definition) is 5. The van der Waals surface area contributed by atoms with E-state index in [1.165, 1.54) is 20.0 Å². The molecule has 1 saturated heterocycles. The summed E-state index contributed by atoms with van der Waals surface area (Å²) in [5.41, 5.74) is 1.50. The van der Waals surface area contributed by atoms with Gasteiger partial charge in [0.15, 0.2) is 11.5 Å². The van der Waals surface area contributed by atoms with Crippen molar-refractivity contribution in [3.8, 4) is 17.2 Å². The minimum atomic E-state index is -1.01. The van der Waals surface area contributed by atoms with E-state index in [1.807, 2.05) is 24.3 Å². The first-order chi connectivity index (χ1) is 14.1. The number of nitrogens with zero attached hydrogens (tertiary/aromatic N) is 1. The zero-order chi connectivity index (χ0) is 20.6. The molecule has 1 fully saturated rings. The van der Waals surface area contributed by atoms with E-state index < -0.39 is 5.97 Å². The molecule has 29 heavy (non-hydrogen) atoms. The molecule has 6 nitrogen and oxygen atoms in total. The highest BCUT2D eigenvalue weighted by Crippen LogP contribution is 2.31. The lowest BCUT2D eigenvalue weighted by Crippen LogP contribution is -2.25. The van der Waals surface area contributed by atoms with Crippen molar-refractivity contribution in [1.82, 2.24) is 4.90 Å². The first-order valence-electron chi connectivity index (χ1n) is 9.73. The Morgan fingerprint density at radius 1 is 1.03 bits per heavy atom. The summed E-state index contributed by atoms with van der Waals surface area (Å²) in [6, 6.07) is 12.5. The molecule has 0 aromatic heterocycles. The zero-order valence-electron chi connectivity index (χ0n) is 16.9. The van der Waals surface area contributed by atoms with E-state index >= 15 is 0 Å². The molecule has 2 aromatic rings. The summed E-state index contributed by atoms with van der Waals surface area (Å²) in [6.07, 6.45) is 4.18. The Morgan fingerprint density at radius 2 is 1.72 bits per heavy atom. The molecular weight excluding hydrogens is 370 g/mol. The number of carbonyl (C=O) groups is 1. The molecule has 6 heteroatoms. The van der Waals surface area contributed by atoms with Crippen molar-refractivity contribution >= 4 is 17.6 Å². The third kappa shape index (κ3) is 5.51. The number of hydrogen-bond donors (Lipinski definition) is 1. The van der Waals surface area contributed by atoms with Crippen LogP contribution in [0.5, 0.6) is 17.2 Å². The first-order valence-corrected chi connectivity index (χ1v) is 9.73. The van der Waals surface area contributed by atoms with E-state index in [0.717, 1.165) is 30.9 Å². The molecule has 0 bridgehead atoms. The molecule has 2 aromatic carbocycles. The fourth-order valence-corrected chi connectivity index (χ4v) is 3.40. The maximum atomic E-state index is 11.8. The van der Waals surface area contributed by atoms with Crippen molar-refractivity contribution in [3.63, 3.8) is 0 Å². The Morgan fingerprint density at radius 3 is 2.34 bits per heavy atom. The van der Waals surface area contributed by atoms with E-state index in [9.17, 15) is 9.90 Å². The lowest BCUT2D eigenvalue weighted by atomic mass is 10.0. The lowest BCUT2D eigenvalue weighted by molar-refractivity contribution is -0.130. The molecule has 0 saturated carbocycles. The average Bonchev–Trinajstić information content (AvgIpc) is 3.26. The fourth-order valence-electron chi connectivity index (χ4n) is 3.40. The molecule has 1 aliphatic heterocycles. The van der Waals surface area contributed by atoms with E-state index in [1.54, 1.807) is 31.4 Å². The summed E-state index contributed by atoms with van der Waals surface area (Å²) in [5, 5.41) is 9.68. The average molecular weight is 397 g/mol. The summed E-state index contributed by atoms with van der Waals surface area (Å²) in [7, 11) is 3.06. The molecule has 154 valence electrons. The quantitative estimate of drug-likeness (QED) is 0.513. The van der Waals surface area contributed by atoms with Crippen molar-refractivity contribution in [2.45, 2.75) is 12.8 Å². The summed E-state index contributed by atoms with van der Waals surface area (Å²) in [4.78, 5) is 14.2. The molecule has 0 aliphatic carbocycles. The van der Waals surface area contributed by atoms with Crippen LogP contribution in [0.1, 0.15) is 24.0 Å². The van der Waals surface area contributed by atoms with Gasteiger partial charge in [0.25, 0.3) is 0 Å². The second-order valence-corrected chi connectivity index (χ2v) is 6.90. The van der Waals surface area contributed by atoms with E-state index in [-0.39, 0.29) is 5.57 Å². The maximum Gasteiger partial charge on any atom is 0.336 e. The SMILES string of the molecule is COc1ccc(/C(=C/c2ccc(OCCN3CCCC3)cc2)C(=O)O)cc1OC. The van der Waals surface area contributed by atoms with E-state index in [0.29, 0.717) is 23.7 Å². The Balaban J connectivity index is 1.71. The van der Waals surface area contributed by atoms with Crippen LogP contribution in [0.3, 0.4) is 0 Å². The van der Waals surface area contributed by atoms with E-state index in [4.69, 9.17) is 14.2 Å². The summed E-state index contributed by atoms with van der Waals surface area (Å²) in [6.45, 7) is 3.90. The predicted octanol–water partition coefficient (Wildman–Crippen LogP) is 3.80. The second-order valence-electron chi connectivity index (χ2n) is 6.90. The molecule has 1 heterocycles. The van der Waals surface area contributed by atoms with Crippen LogP contribution in [0.25, 0.3) is 11.6 Å². The normalized spacial score (nSPS) is 14.6. The molecule has 0 radical (unpaired) electrons. The number of methoxy groups -OCH3 is 2. The summed E-state index contributed by atoms with van der Waals surface area (Å²) < 4.78 is 16.3. The predicted molar refractivity (Wildman–Crippen MR) is 113 cm³/mol. The third-order valence-electron chi connectivity index (χ3n) is 4.99. The molecule has 1 aliphatic rings. The number of benzene rings is 2. The third-order valence-corrected chi connectivity index (χ3v) is 4.99. The van der Waals surface area contributed by atoms with E-state index in [2.05, 4.69) is 4.90 Å². The Labute approximate surface area is 171 Å². The minimum absolute atomic E-state index is 0.175. The van der Waals surface area contributed by atoms with Crippen molar-refractivity contribution < 1.29 is 24.1 Å². The van der Waals surface area contributed by atoms with Crippen LogP contribution < -0.4 is 14.2 Å². The highest BCUT2D eigenvalue weighted by atomic mass is 16.5. The Hall–Kier alpha value is -2.99. The smallest absolute Gasteiger partial charge is 0.336 e. The van der Waals surface area contributed by atoms with Gasteiger partial charge in [-0.15, -0.1) is 0 Å². The number of aliphatic carboxylic acids is 1. The van der Waals surface area contributed by atoms with Crippen molar-refractivity contribution in [1.29, 1.82) is 0 Å². The number of likely N-dealkylation sites (tertiary alicyclic amines) is 1. The minimum Gasteiger partial charge on any atom is -0.493 e. The van der Waals surface area contributed by atoms with Crippen LogP contribution in [-0.4, -0.2) is 56.4 Å². The molecule has 0 unspecified atom stereocenters. The fraction of sp³-hybridized carbons (Fsp3) is 0.348. The summed E-state index contributed by atoms with van der Waals surface area (Å²) in [5.74, 6) is 0.808. The topological polar surface area (TPSA) is 68.2 Å². The number of carboxylic acids is 1. The van der Waals surface area contributed by atoms with Crippen LogP contribution in [0, 0.1) is 0 Å². The second kappa shape index (κ2) is 9.98. The monoisotopic (exact) mass is 397 g/mol. The highest BCUT2D eigenvalue weighted by Gasteiger charge is 2.14. The first kappa shape index (κ1) is 20.7. The number of ether oxygens (including phenoxy) is 3. The molecule has 0 atom stereocenters. The molecule has 3 rings (SSSR count). The van der Waals surface area contributed by atoms with Gasteiger partial charge in [-0.1, -0.05) is 18.2 Å². The molecule has 1 N–H and O–H groups in total. The van der Waals surface area contributed by atoms with Gasteiger partial charge in [-0.3, -0.25) is 4.90 Å². The standard InChI is InChI=1S/C23H27NO5/c1-27-21-10-7-18(16-22(21)28-2)20(23(25)26)15-17-5-8-19(9-6-17)29-14-13-24-11-3-4-12-24/h5-10,15-16H,3-4,11-14H2,1-2H3,(H,25,26)/b20-15-. The highest BCUT2D eigenvalue weighted by molar-refractivity contribution is 6.20. The largest absolute Gasteiger partial charge is 0.493 e. The Bertz CT molecular complexity index is 854. The molecule has 0 amide bonds. The van der Waals surface area contributed by atoms with Crippen LogP contribution in [0.15, 0.2) is 42.5 Å². The van der Waals surface area contributed by atoms with Gasteiger partial charge < -0.3 is 19.3 Å². The van der Waals surface area contributed by atoms with Crippen LogP contribution >= 0.6 is 0 Å². The van der Waals surface area contributed by atoms with Gasteiger partial charge in [0.1, 0.15) is 12.4 Å². The molecular formula is C23H27NO5. The van der Waals surface area contributed by atoms with Crippen LogP contribution in [-0.2, 0) is 4.79 Å². The van der Waals surface area contributed by atoms with Gasteiger partial charge in [0.05, 0.1) is 19.8 Å². The van der Waals surface area contributed by atoms with Gasteiger partial charge in [0, 0.05) is 6.54 Å². The van der Waals surface area contributed by atoms with Crippen molar-refractivity contribution in [3.05, 3.63) is 53.6 Å². The summed E-state index contributed by atoms with van der Waals surface area (Å²) >= 11 is 0. The van der Waals surface area contributed by atoms with Gasteiger partial charge in [-0.05, 0) is 67.4 Å². The van der Waals surface area contributed by atoms with Gasteiger partial charge >= 0.3 is 5.97 Å². The number of carboxylic acid groups (broad SMARTS) is 1. The van der Waals surface area contributed by atoms with Crippen molar-refractivity contribution in [2.75, 3.05) is 40.5 Å².